The SMILES string of the molecule is Cc1[nH]c(C=C2C(=O)NN=C2c2cnccn2)c(-c2ccccn2)c1CCn1ccnc1. The van der Waals surface area contributed by atoms with Crippen molar-refractivity contribution in [1.29, 1.82) is 0 Å². The number of imidazole rings is 1. The summed E-state index contributed by atoms with van der Waals surface area (Å²) in [4.78, 5) is 33.1. The van der Waals surface area contributed by atoms with Crippen LogP contribution in [0, 0.1) is 6.92 Å². The zero-order chi connectivity index (χ0) is 21.9. The second-order valence-electron chi connectivity index (χ2n) is 7.33. The number of H-pyrrole nitrogens is 1. The lowest BCUT2D eigenvalue weighted by atomic mass is 9.99. The third-order valence-corrected chi connectivity index (χ3v) is 5.31. The van der Waals surface area contributed by atoms with Gasteiger partial charge in [-0.05, 0) is 37.1 Å². The first-order valence-electron chi connectivity index (χ1n) is 10.2. The molecule has 1 aliphatic rings. The number of aryl methyl sites for hydroxylation is 2. The van der Waals surface area contributed by atoms with Crippen molar-refractivity contribution in [3.05, 3.63) is 89.9 Å². The van der Waals surface area contributed by atoms with Crippen molar-refractivity contribution >= 4 is 17.7 Å². The number of nitrogens with zero attached hydrogens (tertiary/aromatic N) is 6. The lowest BCUT2D eigenvalue weighted by molar-refractivity contribution is -0.116. The molecule has 0 saturated heterocycles. The van der Waals surface area contributed by atoms with Crippen LogP contribution in [0.2, 0.25) is 0 Å². The highest BCUT2D eigenvalue weighted by Crippen LogP contribution is 2.32. The third kappa shape index (κ3) is 3.71. The second kappa shape index (κ2) is 8.38. The van der Waals surface area contributed by atoms with Gasteiger partial charge in [-0.15, -0.1) is 0 Å². The first-order chi connectivity index (χ1) is 15.7. The number of pyridine rings is 1. The van der Waals surface area contributed by atoms with E-state index in [2.05, 4.69) is 35.4 Å². The molecule has 9 nitrogen and oxygen atoms in total. The predicted octanol–water partition coefficient (Wildman–Crippen LogP) is 2.53. The smallest absolute Gasteiger partial charge is 0.273 e. The van der Waals surface area contributed by atoms with Gasteiger partial charge >= 0.3 is 0 Å². The standard InChI is InChI=1S/C23H20N8O/c1-15-16(5-10-31-11-9-25-14-31)21(18-4-2-3-6-26-18)19(28-15)12-17-22(29-30-23(17)32)20-13-24-7-8-27-20/h2-4,6-9,11-14,28H,5,10H2,1H3,(H,30,32). The fraction of sp³-hybridized carbons (Fsp3) is 0.130. The van der Waals surface area contributed by atoms with E-state index in [-0.39, 0.29) is 5.91 Å². The first-order valence-corrected chi connectivity index (χ1v) is 10.2. The number of nitrogens with one attached hydrogen (secondary N) is 2. The van der Waals surface area contributed by atoms with Gasteiger partial charge in [0, 0.05) is 54.5 Å². The minimum atomic E-state index is -0.287. The number of hydrogen-bond acceptors (Lipinski definition) is 6. The van der Waals surface area contributed by atoms with Gasteiger partial charge in [-0.2, -0.15) is 5.10 Å². The highest BCUT2D eigenvalue weighted by Gasteiger charge is 2.27. The summed E-state index contributed by atoms with van der Waals surface area (Å²) in [5.74, 6) is -0.287. The maximum Gasteiger partial charge on any atom is 0.273 e. The molecule has 0 unspecified atom stereocenters. The number of rotatable bonds is 6. The van der Waals surface area contributed by atoms with Crippen LogP contribution in [0.25, 0.3) is 17.3 Å². The molecule has 158 valence electrons. The van der Waals surface area contributed by atoms with Crippen LogP contribution in [0.4, 0.5) is 0 Å². The molecule has 0 bridgehead atoms. The van der Waals surface area contributed by atoms with Gasteiger partial charge < -0.3 is 9.55 Å². The van der Waals surface area contributed by atoms with Crippen LogP contribution >= 0.6 is 0 Å². The van der Waals surface area contributed by atoms with Crippen molar-refractivity contribution in [2.24, 2.45) is 5.10 Å². The van der Waals surface area contributed by atoms with Crippen LogP contribution in [0.5, 0.6) is 0 Å². The van der Waals surface area contributed by atoms with Crippen molar-refractivity contribution in [3.8, 4) is 11.3 Å². The van der Waals surface area contributed by atoms with E-state index >= 15 is 0 Å². The van der Waals surface area contributed by atoms with Crippen molar-refractivity contribution < 1.29 is 4.79 Å². The molecule has 0 aromatic carbocycles. The fourth-order valence-electron chi connectivity index (χ4n) is 3.80. The maximum absolute atomic E-state index is 12.6. The van der Waals surface area contributed by atoms with E-state index in [0.717, 1.165) is 41.2 Å². The Balaban J connectivity index is 1.60. The number of hydrazone groups is 1. The monoisotopic (exact) mass is 424 g/mol. The predicted molar refractivity (Wildman–Crippen MR) is 119 cm³/mol. The van der Waals surface area contributed by atoms with Crippen LogP contribution in [0.3, 0.4) is 0 Å². The Labute approximate surface area is 184 Å². The van der Waals surface area contributed by atoms with E-state index in [1.807, 2.05) is 42.0 Å². The molecule has 0 atom stereocenters. The molecule has 0 radical (unpaired) electrons. The van der Waals surface area contributed by atoms with E-state index in [1.54, 1.807) is 37.3 Å². The molecule has 32 heavy (non-hydrogen) atoms. The van der Waals surface area contributed by atoms with Gasteiger partial charge in [0.25, 0.3) is 5.91 Å². The quantitative estimate of drug-likeness (QED) is 0.462. The van der Waals surface area contributed by atoms with Gasteiger partial charge in [-0.3, -0.25) is 19.7 Å². The van der Waals surface area contributed by atoms with E-state index < -0.39 is 0 Å². The summed E-state index contributed by atoms with van der Waals surface area (Å²) in [6, 6.07) is 5.81. The number of carbonyl (C=O) groups excluding carboxylic acids is 1. The zero-order valence-corrected chi connectivity index (χ0v) is 17.4. The van der Waals surface area contributed by atoms with Crippen molar-refractivity contribution in [2.45, 2.75) is 19.9 Å². The van der Waals surface area contributed by atoms with Gasteiger partial charge in [-0.25, -0.2) is 10.4 Å². The highest BCUT2D eigenvalue weighted by atomic mass is 16.2. The van der Waals surface area contributed by atoms with Crippen molar-refractivity contribution in [2.75, 3.05) is 0 Å². The highest BCUT2D eigenvalue weighted by molar-refractivity contribution is 6.32. The summed E-state index contributed by atoms with van der Waals surface area (Å²) >= 11 is 0. The van der Waals surface area contributed by atoms with E-state index in [1.165, 1.54) is 0 Å². The number of aromatic nitrogens is 6. The Morgan fingerprint density at radius 2 is 1.97 bits per heavy atom. The van der Waals surface area contributed by atoms with Gasteiger partial charge in [0.05, 0.1) is 23.8 Å². The number of amides is 1. The third-order valence-electron chi connectivity index (χ3n) is 5.31. The van der Waals surface area contributed by atoms with Crippen LogP contribution in [0.1, 0.15) is 22.6 Å². The minimum Gasteiger partial charge on any atom is -0.358 e. The summed E-state index contributed by atoms with van der Waals surface area (Å²) in [5.41, 5.74) is 8.70. The summed E-state index contributed by atoms with van der Waals surface area (Å²) in [7, 11) is 0. The molecule has 0 fully saturated rings. The minimum absolute atomic E-state index is 0.287. The molecule has 1 aliphatic heterocycles. The Morgan fingerprint density at radius 3 is 2.72 bits per heavy atom. The molecule has 4 aromatic heterocycles. The summed E-state index contributed by atoms with van der Waals surface area (Å²) in [5, 5.41) is 4.17. The van der Waals surface area contributed by atoms with Gasteiger partial charge in [-0.1, -0.05) is 6.07 Å². The van der Waals surface area contributed by atoms with Crippen LogP contribution < -0.4 is 5.43 Å². The maximum atomic E-state index is 12.6. The molecular formula is C23H20N8O. The van der Waals surface area contributed by atoms with Crippen molar-refractivity contribution in [3.63, 3.8) is 0 Å². The van der Waals surface area contributed by atoms with Crippen LogP contribution in [0.15, 0.2) is 72.4 Å². The van der Waals surface area contributed by atoms with Gasteiger partial charge in [0.15, 0.2) is 0 Å². The van der Waals surface area contributed by atoms with E-state index in [9.17, 15) is 4.79 Å². The fourth-order valence-corrected chi connectivity index (χ4v) is 3.80. The van der Waals surface area contributed by atoms with Gasteiger partial charge in [0.1, 0.15) is 11.4 Å². The lowest BCUT2D eigenvalue weighted by Crippen LogP contribution is -2.14. The molecule has 5 heterocycles. The summed E-state index contributed by atoms with van der Waals surface area (Å²) < 4.78 is 2.04. The average molecular weight is 424 g/mol. The molecule has 0 aliphatic carbocycles. The Bertz CT molecular complexity index is 1310. The lowest BCUT2D eigenvalue weighted by Gasteiger charge is -2.08. The summed E-state index contributed by atoms with van der Waals surface area (Å²) in [6.07, 6.45) is 14.6. The molecular weight excluding hydrogens is 404 g/mol. The molecule has 9 heteroatoms. The van der Waals surface area contributed by atoms with E-state index in [0.29, 0.717) is 17.0 Å². The normalized spacial score (nSPS) is 14.6. The molecule has 5 rings (SSSR count). The Morgan fingerprint density at radius 1 is 1.06 bits per heavy atom. The topological polar surface area (TPSA) is 114 Å². The van der Waals surface area contributed by atoms with E-state index in [4.69, 9.17) is 0 Å². The van der Waals surface area contributed by atoms with Crippen LogP contribution in [-0.2, 0) is 17.8 Å². The Hall–Kier alpha value is -4.40. The summed E-state index contributed by atoms with van der Waals surface area (Å²) in [6.45, 7) is 2.81. The first kappa shape index (κ1) is 19.6. The number of aromatic amines is 1. The largest absolute Gasteiger partial charge is 0.358 e. The van der Waals surface area contributed by atoms with Crippen LogP contribution in [-0.4, -0.2) is 41.1 Å². The molecule has 4 aromatic rings. The molecule has 0 spiro atoms. The number of hydrogen-bond donors (Lipinski definition) is 2. The molecule has 2 N–H and O–H groups in total. The number of carbonyl (C=O) groups is 1. The molecule has 0 saturated carbocycles. The second-order valence-corrected chi connectivity index (χ2v) is 7.33. The van der Waals surface area contributed by atoms with Crippen molar-refractivity contribution in [1.82, 2.24) is 34.9 Å². The Kier molecular flexibility index (Phi) is 5.12. The average Bonchev–Trinajstić information content (AvgIpc) is 3.54. The zero-order valence-electron chi connectivity index (χ0n) is 17.4. The van der Waals surface area contributed by atoms with Gasteiger partial charge in [0.2, 0.25) is 0 Å². The molecule has 1 amide bonds.